The van der Waals surface area contributed by atoms with Crippen molar-refractivity contribution in [3.8, 4) is 0 Å². The van der Waals surface area contributed by atoms with Crippen molar-refractivity contribution in [2.24, 2.45) is 5.41 Å². The fourth-order valence-electron chi connectivity index (χ4n) is 1.61. The molecule has 0 bridgehead atoms. The van der Waals surface area contributed by atoms with Gasteiger partial charge in [0.25, 0.3) is 0 Å². The van der Waals surface area contributed by atoms with Crippen LogP contribution >= 0.6 is 0 Å². The topological polar surface area (TPSA) is 3.24 Å². The molecule has 1 radical (unpaired) electrons. The molecule has 0 N–H and O–H groups in total. The van der Waals surface area contributed by atoms with E-state index < -0.39 is 0 Å². The van der Waals surface area contributed by atoms with Crippen LogP contribution in [0.15, 0.2) is 0 Å². The van der Waals surface area contributed by atoms with E-state index in [-0.39, 0.29) is 38.1 Å². The molecule has 1 saturated heterocycles. The maximum Gasteiger partial charge on any atom is 0.00377 e. The summed E-state index contributed by atoms with van der Waals surface area (Å²) < 4.78 is 0. The number of nitrogens with zero attached hydrogens (tertiary/aromatic N) is 1. The second-order valence-corrected chi connectivity index (χ2v) is 4.06. The molecule has 0 saturated carbocycles. The minimum absolute atomic E-state index is 0. The Balaban J connectivity index is 0.00000121. The standard InChI is InChI=1S/C10H19N.Y/c1-5-10(4)6-7-11(8-10)9(2)3;/h9H,1,4-8H2,2-3H3;/q-2;. The zero-order valence-corrected chi connectivity index (χ0v) is 11.2. The molecule has 1 heterocycles. The van der Waals surface area contributed by atoms with Gasteiger partial charge in [-0.15, -0.1) is 0 Å². The van der Waals surface area contributed by atoms with Gasteiger partial charge in [-0.1, -0.05) is 6.42 Å². The van der Waals surface area contributed by atoms with E-state index in [0.717, 1.165) is 13.0 Å². The Kier molecular flexibility index (Phi) is 5.52. The maximum absolute atomic E-state index is 4.22. The summed E-state index contributed by atoms with van der Waals surface area (Å²) in [4.78, 5) is 2.48. The third-order valence-corrected chi connectivity index (χ3v) is 2.73. The zero-order valence-electron chi connectivity index (χ0n) is 8.34. The van der Waals surface area contributed by atoms with Crippen LogP contribution in [0.1, 0.15) is 26.7 Å². The van der Waals surface area contributed by atoms with Gasteiger partial charge in [0, 0.05) is 38.8 Å². The van der Waals surface area contributed by atoms with E-state index in [4.69, 9.17) is 0 Å². The molecule has 0 aromatic rings. The molecule has 1 fully saturated rings. The summed E-state index contributed by atoms with van der Waals surface area (Å²) in [5, 5.41) is 0. The van der Waals surface area contributed by atoms with Crippen LogP contribution < -0.4 is 0 Å². The fourth-order valence-corrected chi connectivity index (χ4v) is 1.61. The van der Waals surface area contributed by atoms with E-state index >= 15 is 0 Å². The average molecular weight is 242 g/mol. The van der Waals surface area contributed by atoms with Gasteiger partial charge in [-0.2, -0.15) is 5.41 Å². The molecule has 0 aliphatic carbocycles. The quantitative estimate of drug-likeness (QED) is 0.670. The van der Waals surface area contributed by atoms with Crippen molar-refractivity contribution < 1.29 is 32.7 Å². The zero-order chi connectivity index (χ0) is 8.48. The molecule has 12 heavy (non-hydrogen) atoms. The molecular formula is C10H19NY-2. The van der Waals surface area contributed by atoms with Crippen molar-refractivity contribution >= 4 is 0 Å². The van der Waals surface area contributed by atoms with Crippen LogP contribution in [-0.4, -0.2) is 24.0 Å². The molecule has 2 heteroatoms. The summed E-state index contributed by atoms with van der Waals surface area (Å²) in [5.41, 5.74) is 0.254. The van der Waals surface area contributed by atoms with Crippen molar-refractivity contribution in [3.05, 3.63) is 13.8 Å². The van der Waals surface area contributed by atoms with Crippen LogP contribution in [-0.2, 0) is 32.7 Å². The van der Waals surface area contributed by atoms with E-state index in [1.54, 1.807) is 0 Å². The Bertz CT molecular complexity index is 136. The van der Waals surface area contributed by atoms with E-state index in [1.807, 2.05) is 0 Å². The van der Waals surface area contributed by atoms with Crippen molar-refractivity contribution in [2.75, 3.05) is 13.1 Å². The molecule has 0 amide bonds. The Morgan fingerprint density at radius 1 is 1.50 bits per heavy atom. The van der Waals surface area contributed by atoms with Gasteiger partial charge in [-0.25, -0.2) is 6.42 Å². The van der Waals surface area contributed by atoms with E-state index in [1.165, 1.54) is 13.0 Å². The first-order valence-electron chi connectivity index (χ1n) is 4.46. The monoisotopic (exact) mass is 242 g/mol. The maximum atomic E-state index is 4.22. The Morgan fingerprint density at radius 3 is 2.33 bits per heavy atom. The molecule has 0 aromatic carbocycles. The first-order valence-corrected chi connectivity index (χ1v) is 4.46. The van der Waals surface area contributed by atoms with Crippen molar-refractivity contribution in [1.82, 2.24) is 4.90 Å². The third kappa shape index (κ3) is 3.08. The van der Waals surface area contributed by atoms with Gasteiger partial charge in [0.2, 0.25) is 0 Å². The number of hydrogen-bond acceptors (Lipinski definition) is 1. The largest absolute Gasteiger partial charge is 0.345 e. The van der Waals surface area contributed by atoms with Crippen molar-refractivity contribution in [2.45, 2.75) is 32.7 Å². The summed E-state index contributed by atoms with van der Waals surface area (Å²) in [6.45, 7) is 15.0. The van der Waals surface area contributed by atoms with E-state index in [9.17, 15) is 0 Å². The Hall–Kier alpha value is 1.06. The summed E-state index contributed by atoms with van der Waals surface area (Å²) in [7, 11) is 0. The van der Waals surface area contributed by atoms with E-state index in [2.05, 4.69) is 32.6 Å². The molecule has 0 spiro atoms. The number of hydrogen-bond donors (Lipinski definition) is 0. The van der Waals surface area contributed by atoms with Crippen LogP contribution in [0.5, 0.6) is 0 Å². The first-order chi connectivity index (χ1) is 5.07. The minimum Gasteiger partial charge on any atom is -0.345 e. The molecule has 0 aromatic heterocycles. The molecule has 69 valence electrons. The van der Waals surface area contributed by atoms with Crippen LogP contribution in [0.4, 0.5) is 0 Å². The molecule has 1 rings (SSSR count). The van der Waals surface area contributed by atoms with Crippen LogP contribution in [0, 0.1) is 19.3 Å². The second-order valence-electron chi connectivity index (χ2n) is 4.06. The van der Waals surface area contributed by atoms with E-state index in [0.29, 0.717) is 6.04 Å². The minimum atomic E-state index is 0. The van der Waals surface area contributed by atoms with Crippen molar-refractivity contribution in [3.63, 3.8) is 0 Å². The normalized spacial score (nSPS) is 30.8. The Labute approximate surface area is 102 Å². The van der Waals surface area contributed by atoms with Gasteiger partial charge in [-0.05, 0) is 26.9 Å². The van der Waals surface area contributed by atoms with Gasteiger partial charge >= 0.3 is 0 Å². The van der Waals surface area contributed by atoms with Gasteiger partial charge in [-0.3, -0.25) is 0 Å². The average Bonchev–Trinajstić information content (AvgIpc) is 2.33. The summed E-state index contributed by atoms with van der Waals surface area (Å²) >= 11 is 0. The van der Waals surface area contributed by atoms with Gasteiger partial charge < -0.3 is 18.7 Å². The molecule has 1 nitrogen and oxygen atoms in total. The summed E-state index contributed by atoms with van der Waals surface area (Å²) in [5.74, 6) is 0. The van der Waals surface area contributed by atoms with Crippen molar-refractivity contribution in [1.29, 1.82) is 0 Å². The van der Waals surface area contributed by atoms with Gasteiger partial charge in [0.1, 0.15) is 0 Å². The first kappa shape index (κ1) is 13.1. The van der Waals surface area contributed by atoms with Crippen LogP contribution in [0.2, 0.25) is 0 Å². The molecule has 1 aliphatic heterocycles. The van der Waals surface area contributed by atoms with Gasteiger partial charge in [0.15, 0.2) is 0 Å². The molecule has 1 aliphatic rings. The van der Waals surface area contributed by atoms with Gasteiger partial charge in [0.05, 0.1) is 0 Å². The SMILES string of the molecule is [CH2-]CC1([CH2-])CCN(C(C)C)C1.[Y]. The Morgan fingerprint density at radius 2 is 2.08 bits per heavy atom. The molecule has 1 atom stereocenters. The smallest absolute Gasteiger partial charge is 0.00377 e. The predicted octanol–water partition coefficient (Wildman–Crippen LogP) is 2.14. The van der Waals surface area contributed by atoms with Crippen LogP contribution in [0.25, 0.3) is 0 Å². The molecular weight excluding hydrogens is 223 g/mol. The fraction of sp³-hybridized carbons (Fsp3) is 0.800. The number of likely N-dealkylation sites (tertiary alicyclic amines) is 1. The predicted molar refractivity (Wildman–Crippen MR) is 49.1 cm³/mol. The van der Waals surface area contributed by atoms with Crippen LogP contribution in [0.3, 0.4) is 0 Å². The number of rotatable bonds is 2. The summed E-state index contributed by atoms with van der Waals surface area (Å²) in [6, 6.07) is 0.671. The summed E-state index contributed by atoms with van der Waals surface area (Å²) in [6.07, 6.45) is 2.19. The second kappa shape index (κ2) is 5.07. The third-order valence-electron chi connectivity index (χ3n) is 2.73. The molecule has 1 unspecified atom stereocenters.